The molecule has 132 valence electrons. The number of hydrogen-bond donors (Lipinski definition) is 1. The predicted molar refractivity (Wildman–Crippen MR) is 102 cm³/mol. The zero-order chi connectivity index (χ0) is 18.7. The average Bonchev–Trinajstić information content (AvgIpc) is 3.16. The molecule has 26 heavy (non-hydrogen) atoms. The summed E-state index contributed by atoms with van der Waals surface area (Å²) in [7, 11) is 1.50. The van der Waals surface area contributed by atoms with Gasteiger partial charge < -0.3 is 14.6 Å². The standard InChI is InChI=1S/C20H17ClN2O3/c1-13(24)14-5-7-15(8-6-14)22-20(25)16-11-17(21)18(12-19(16)26-2)23-9-3-4-10-23/h3-12H,1-2H3,(H,22,25). The van der Waals surface area contributed by atoms with Crippen molar-refractivity contribution in [3.63, 3.8) is 0 Å². The van der Waals surface area contributed by atoms with Gasteiger partial charge in [0, 0.05) is 29.7 Å². The molecule has 0 atom stereocenters. The summed E-state index contributed by atoms with van der Waals surface area (Å²) in [6.45, 7) is 1.49. The number of aromatic nitrogens is 1. The maximum Gasteiger partial charge on any atom is 0.259 e. The molecule has 2 aromatic carbocycles. The van der Waals surface area contributed by atoms with Gasteiger partial charge in [-0.1, -0.05) is 11.6 Å². The molecule has 6 heteroatoms. The largest absolute Gasteiger partial charge is 0.496 e. The SMILES string of the molecule is COc1cc(-n2cccc2)c(Cl)cc1C(=O)Nc1ccc(C(C)=O)cc1. The molecule has 1 aromatic heterocycles. The Labute approximate surface area is 156 Å². The lowest BCUT2D eigenvalue weighted by Gasteiger charge is -2.14. The van der Waals surface area contributed by atoms with Gasteiger partial charge in [0.2, 0.25) is 0 Å². The number of Topliss-reactive ketones (excluding diaryl/α,β-unsaturated/α-hetero) is 1. The lowest BCUT2D eigenvalue weighted by atomic mass is 10.1. The smallest absolute Gasteiger partial charge is 0.259 e. The number of benzene rings is 2. The van der Waals surface area contributed by atoms with Crippen molar-refractivity contribution in [3.05, 3.63) is 77.1 Å². The van der Waals surface area contributed by atoms with Crippen molar-refractivity contribution in [2.75, 3.05) is 12.4 Å². The minimum atomic E-state index is -0.349. The fourth-order valence-electron chi connectivity index (χ4n) is 2.57. The van der Waals surface area contributed by atoms with Gasteiger partial charge in [-0.05, 0) is 49.4 Å². The van der Waals surface area contributed by atoms with Crippen LogP contribution in [0.25, 0.3) is 5.69 Å². The summed E-state index contributed by atoms with van der Waals surface area (Å²) in [6.07, 6.45) is 3.72. The number of amides is 1. The van der Waals surface area contributed by atoms with Crippen LogP contribution in [0.2, 0.25) is 5.02 Å². The van der Waals surface area contributed by atoms with Crippen LogP contribution in [0.1, 0.15) is 27.6 Å². The molecule has 1 amide bonds. The lowest BCUT2D eigenvalue weighted by molar-refractivity contribution is 0.101. The van der Waals surface area contributed by atoms with E-state index in [1.807, 2.05) is 29.1 Å². The number of halogens is 1. The van der Waals surface area contributed by atoms with Gasteiger partial charge in [0.25, 0.3) is 5.91 Å². The Morgan fingerprint density at radius 2 is 1.73 bits per heavy atom. The highest BCUT2D eigenvalue weighted by Gasteiger charge is 2.17. The summed E-state index contributed by atoms with van der Waals surface area (Å²) in [6, 6.07) is 13.7. The molecule has 0 saturated heterocycles. The summed E-state index contributed by atoms with van der Waals surface area (Å²) in [4.78, 5) is 24.0. The first-order chi connectivity index (χ1) is 12.5. The molecule has 0 aliphatic heterocycles. The zero-order valence-electron chi connectivity index (χ0n) is 14.3. The van der Waals surface area contributed by atoms with E-state index in [0.29, 0.717) is 27.6 Å². The maximum absolute atomic E-state index is 12.6. The van der Waals surface area contributed by atoms with Crippen molar-refractivity contribution in [3.8, 4) is 11.4 Å². The van der Waals surface area contributed by atoms with Gasteiger partial charge in [0.1, 0.15) is 5.75 Å². The highest BCUT2D eigenvalue weighted by molar-refractivity contribution is 6.33. The Bertz CT molecular complexity index is 948. The number of ketones is 1. The number of hydrogen-bond acceptors (Lipinski definition) is 3. The summed E-state index contributed by atoms with van der Waals surface area (Å²) >= 11 is 6.36. The van der Waals surface area contributed by atoms with E-state index in [0.717, 1.165) is 5.69 Å². The molecule has 3 aromatic rings. The molecular weight excluding hydrogens is 352 g/mol. The number of nitrogens with zero attached hydrogens (tertiary/aromatic N) is 1. The number of anilines is 1. The van der Waals surface area contributed by atoms with E-state index in [1.165, 1.54) is 14.0 Å². The monoisotopic (exact) mass is 368 g/mol. The third-order valence-electron chi connectivity index (χ3n) is 3.95. The van der Waals surface area contributed by atoms with Crippen LogP contribution in [-0.2, 0) is 0 Å². The Morgan fingerprint density at radius 3 is 2.31 bits per heavy atom. The number of carbonyl (C=O) groups is 2. The zero-order valence-corrected chi connectivity index (χ0v) is 15.1. The van der Waals surface area contributed by atoms with E-state index in [-0.39, 0.29) is 11.7 Å². The fraction of sp³-hybridized carbons (Fsp3) is 0.100. The second-order valence-electron chi connectivity index (χ2n) is 5.68. The van der Waals surface area contributed by atoms with Crippen molar-refractivity contribution in [2.45, 2.75) is 6.92 Å². The lowest BCUT2D eigenvalue weighted by Crippen LogP contribution is -2.14. The van der Waals surface area contributed by atoms with E-state index in [9.17, 15) is 9.59 Å². The number of carbonyl (C=O) groups excluding carboxylic acids is 2. The van der Waals surface area contributed by atoms with Crippen molar-refractivity contribution in [1.82, 2.24) is 4.57 Å². The topological polar surface area (TPSA) is 60.3 Å². The highest BCUT2D eigenvalue weighted by atomic mass is 35.5. The summed E-state index contributed by atoms with van der Waals surface area (Å²) in [5, 5.41) is 3.21. The molecular formula is C20H17ClN2O3. The average molecular weight is 369 g/mol. The fourth-order valence-corrected chi connectivity index (χ4v) is 2.83. The van der Waals surface area contributed by atoms with Crippen LogP contribution < -0.4 is 10.1 Å². The molecule has 5 nitrogen and oxygen atoms in total. The summed E-state index contributed by atoms with van der Waals surface area (Å²) in [5.41, 5.74) is 2.20. The Morgan fingerprint density at radius 1 is 1.08 bits per heavy atom. The van der Waals surface area contributed by atoms with Gasteiger partial charge in [-0.25, -0.2) is 0 Å². The first-order valence-corrected chi connectivity index (χ1v) is 8.30. The quantitative estimate of drug-likeness (QED) is 0.670. The minimum absolute atomic E-state index is 0.0306. The number of methoxy groups -OCH3 is 1. The van der Waals surface area contributed by atoms with Gasteiger partial charge >= 0.3 is 0 Å². The van der Waals surface area contributed by atoms with Crippen molar-refractivity contribution < 1.29 is 14.3 Å². The molecule has 0 bridgehead atoms. The van der Waals surface area contributed by atoms with E-state index < -0.39 is 0 Å². The van der Waals surface area contributed by atoms with Gasteiger partial charge in [-0.3, -0.25) is 9.59 Å². The van der Waals surface area contributed by atoms with Crippen LogP contribution >= 0.6 is 11.6 Å². The maximum atomic E-state index is 12.6. The van der Waals surface area contributed by atoms with E-state index >= 15 is 0 Å². The number of nitrogens with one attached hydrogen (secondary N) is 1. The molecule has 0 spiro atoms. The molecule has 1 N–H and O–H groups in total. The third kappa shape index (κ3) is 3.63. The molecule has 0 saturated carbocycles. The minimum Gasteiger partial charge on any atom is -0.496 e. The predicted octanol–water partition coefficient (Wildman–Crippen LogP) is 4.59. The van der Waals surface area contributed by atoms with Gasteiger partial charge in [-0.15, -0.1) is 0 Å². The molecule has 0 fully saturated rings. The molecule has 0 radical (unpaired) electrons. The van der Waals surface area contributed by atoms with Crippen LogP contribution in [0, 0.1) is 0 Å². The number of ether oxygens (including phenoxy) is 1. The normalized spacial score (nSPS) is 10.4. The summed E-state index contributed by atoms with van der Waals surface area (Å²) < 4.78 is 7.21. The second kappa shape index (κ2) is 7.45. The molecule has 1 heterocycles. The van der Waals surface area contributed by atoms with Crippen LogP contribution in [0.4, 0.5) is 5.69 Å². The number of rotatable bonds is 5. The third-order valence-corrected chi connectivity index (χ3v) is 4.25. The van der Waals surface area contributed by atoms with Crippen molar-refractivity contribution in [2.24, 2.45) is 0 Å². The first-order valence-electron chi connectivity index (χ1n) is 7.93. The Balaban J connectivity index is 1.89. The van der Waals surface area contributed by atoms with Crippen LogP contribution in [-0.4, -0.2) is 23.4 Å². The van der Waals surface area contributed by atoms with Crippen molar-refractivity contribution >= 4 is 29.0 Å². The van der Waals surface area contributed by atoms with E-state index in [1.54, 1.807) is 36.4 Å². The summed E-state index contributed by atoms with van der Waals surface area (Å²) in [5.74, 6) is 0.0336. The molecule has 0 aliphatic rings. The second-order valence-corrected chi connectivity index (χ2v) is 6.09. The van der Waals surface area contributed by atoms with E-state index in [4.69, 9.17) is 16.3 Å². The molecule has 0 unspecified atom stereocenters. The molecule has 0 aliphatic carbocycles. The Kier molecular flexibility index (Phi) is 5.09. The van der Waals surface area contributed by atoms with Crippen LogP contribution in [0.15, 0.2) is 60.9 Å². The van der Waals surface area contributed by atoms with Gasteiger partial charge in [0.15, 0.2) is 5.78 Å². The van der Waals surface area contributed by atoms with E-state index in [2.05, 4.69) is 5.32 Å². The van der Waals surface area contributed by atoms with Crippen LogP contribution in [0.3, 0.4) is 0 Å². The Hall–Kier alpha value is -3.05. The molecule has 3 rings (SSSR count). The van der Waals surface area contributed by atoms with Gasteiger partial charge in [0.05, 0.1) is 23.4 Å². The van der Waals surface area contributed by atoms with Crippen LogP contribution in [0.5, 0.6) is 5.75 Å². The van der Waals surface area contributed by atoms with Gasteiger partial charge in [-0.2, -0.15) is 0 Å². The highest BCUT2D eigenvalue weighted by Crippen LogP contribution is 2.30. The van der Waals surface area contributed by atoms with Crippen molar-refractivity contribution in [1.29, 1.82) is 0 Å². The first kappa shape index (κ1) is 17.8.